The van der Waals surface area contributed by atoms with Crippen molar-refractivity contribution in [1.82, 2.24) is 0 Å². The van der Waals surface area contributed by atoms with Crippen LogP contribution in [0.15, 0.2) is 54.1 Å². The van der Waals surface area contributed by atoms with Crippen LogP contribution in [0.5, 0.6) is 0 Å². The number of fused-ring (bicyclic) bond motifs is 1. The number of rotatable bonds is 7. The largest absolute Gasteiger partial charge is 0.385 e. The Morgan fingerprint density at radius 3 is 2.62 bits per heavy atom. The Kier molecular flexibility index (Phi) is 5.86. The molecule has 21 heavy (non-hydrogen) atoms. The first-order valence-electron chi connectivity index (χ1n) is 8.02. The Labute approximate surface area is 129 Å². The molecule has 1 heteroatoms. The van der Waals surface area contributed by atoms with Crippen molar-refractivity contribution >= 4 is 16.5 Å². The Bertz CT molecular complexity index is 588. The van der Waals surface area contributed by atoms with Gasteiger partial charge in [-0.1, -0.05) is 55.0 Å². The zero-order chi connectivity index (χ0) is 15.1. The van der Waals surface area contributed by atoms with Gasteiger partial charge in [0.05, 0.1) is 0 Å². The SMILES string of the molecule is CC(C)=CCCC(C)CCNc1cccc2ccccc12. The first kappa shape index (κ1) is 15.6. The van der Waals surface area contributed by atoms with E-state index >= 15 is 0 Å². The van der Waals surface area contributed by atoms with Crippen molar-refractivity contribution in [2.75, 3.05) is 11.9 Å². The van der Waals surface area contributed by atoms with E-state index in [9.17, 15) is 0 Å². The van der Waals surface area contributed by atoms with E-state index in [0.717, 1.165) is 12.5 Å². The van der Waals surface area contributed by atoms with Gasteiger partial charge in [0.15, 0.2) is 0 Å². The van der Waals surface area contributed by atoms with Crippen LogP contribution in [0.4, 0.5) is 5.69 Å². The molecule has 0 spiro atoms. The van der Waals surface area contributed by atoms with Gasteiger partial charge >= 0.3 is 0 Å². The molecule has 2 aromatic carbocycles. The van der Waals surface area contributed by atoms with Crippen LogP contribution in [0.1, 0.15) is 40.0 Å². The minimum Gasteiger partial charge on any atom is -0.385 e. The molecule has 2 aromatic rings. The Morgan fingerprint density at radius 2 is 1.81 bits per heavy atom. The van der Waals surface area contributed by atoms with Crippen LogP contribution in [-0.4, -0.2) is 6.54 Å². The number of benzene rings is 2. The number of hydrogen-bond acceptors (Lipinski definition) is 1. The van der Waals surface area contributed by atoms with Gasteiger partial charge in [0.1, 0.15) is 0 Å². The second-order valence-corrected chi connectivity index (χ2v) is 6.21. The fourth-order valence-corrected chi connectivity index (χ4v) is 2.63. The van der Waals surface area contributed by atoms with Crippen molar-refractivity contribution in [1.29, 1.82) is 0 Å². The minimum atomic E-state index is 0.767. The molecule has 1 unspecified atom stereocenters. The molecule has 0 saturated carbocycles. The minimum absolute atomic E-state index is 0.767. The molecule has 0 heterocycles. The van der Waals surface area contributed by atoms with E-state index in [2.05, 4.69) is 74.6 Å². The lowest BCUT2D eigenvalue weighted by Crippen LogP contribution is -2.07. The van der Waals surface area contributed by atoms with E-state index in [1.807, 2.05) is 0 Å². The van der Waals surface area contributed by atoms with E-state index in [4.69, 9.17) is 0 Å². The Hall–Kier alpha value is -1.76. The number of anilines is 1. The van der Waals surface area contributed by atoms with Gasteiger partial charge in [-0.2, -0.15) is 0 Å². The molecule has 0 amide bonds. The van der Waals surface area contributed by atoms with E-state index < -0.39 is 0 Å². The van der Waals surface area contributed by atoms with Gasteiger partial charge in [0.2, 0.25) is 0 Å². The van der Waals surface area contributed by atoms with Crippen molar-refractivity contribution in [3.05, 3.63) is 54.1 Å². The lowest BCUT2D eigenvalue weighted by atomic mass is 10.0. The second-order valence-electron chi connectivity index (χ2n) is 6.21. The average Bonchev–Trinajstić information content (AvgIpc) is 2.47. The zero-order valence-electron chi connectivity index (χ0n) is 13.5. The van der Waals surface area contributed by atoms with Gasteiger partial charge in [-0.15, -0.1) is 0 Å². The third kappa shape index (κ3) is 4.93. The third-order valence-electron chi connectivity index (χ3n) is 3.95. The van der Waals surface area contributed by atoms with E-state index in [1.54, 1.807) is 0 Å². The molecule has 1 nitrogen and oxygen atoms in total. The number of nitrogens with one attached hydrogen (secondary N) is 1. The van der Waals surface area contributed by atoms with Gasteiger partial charge in [-0.05, 0) is 50.5 Å². The van der Waals surface area contributed by atoms with Crippen LogP contribution in [-0.2, 0) is 0 Å². The van der Waals surface area contributed by atoms with Gasteiger partial charge in [-0.3, -0.25) is 0 Å². The molecule has 0 aliphatic rings. The van der Waals surface area contributed by atoms with Crippen LogP contribution >= 0.6 is 0 Å². The lowest BCUT2D eigenvalue weighted by Gasteiger charge is -2.13. The fraction of sp³-hybridized carbons (Fsp3) is 0.400. The second kappa shape index (κ2) is 7.87. The van der Waals surface area contributed by atoms with Gasteiger partial charge in [-0.25, -0.2) is 0 Å². The molecule has 112 valence electrons. The molecular weight excluding hydrogens is 254 g/mol. The summed E-state index contributed by atoms with van der Waals surface area (Å²) >= 11 is 0. The normalized spacial score (nSPS) is 12.1. The highest BCUT2D eigenvalue weighted by atomic mass is 14.9. The maximum absolute atomic E-state index is 3.60. The summed E-state index contributed by atoms with van der Waals surface area (Å²) in [6, 6.07) is 15.0. The first-order valence-corrected chi connectivity index (χ1v) is 8.02. The van der Waals surface area contributed by atoms with Crippen molar-refractivity contribution in [3.63, 3.8) is 0 Å². The van der Waals surface area contributed by atoms with E-state index in [1.165, 1.54) is 41.3 Å². The standard InChI is InChI=1S/C20H27N/c1-16(2)8-6-9-17(3)14-15-21-20-13-7-11-18-10-4-5-12-19(18)20/h4-5,7-8,10-13,17,21H,6,9,14-15H2,1-3H3. The molecule has 2 rings (SSSR count). The van der Waals surface area contributed by atoms with E-state index in [-0.39, 0.29) is 0 Å². The topological polar surface area (TPSA) is 12.0 Å². The molecular formula is C20H27N. The lowest BCUT2D eigenvalue weighted by molar-refractivity contribution is 0.510. The van der Waals surface area contributed by atoms with Crippen LogP contribution in [0.25, 0.3) is 10.8 Å². The predicted octanol–water partition coefficient (Wildman–Crippen LogP) is 6.02. The molecule has 0 aromatic heterocycles. The highest BCUT2D eigenvalue weighted by molar-refractivity contribution is 5.93. The zero-order valence-corrected chi connectivity index (χ0v) is 13.5. The highest BCUT2D eigenvalue weighted by Crippen LogP contribution is 2.23. The maximum atomic E-state index is 3.60. The molecule has 1 N–H and O–H groups in total. The smallest absolute Gasteiger partial charge is 0.0419 e. The van der Waals surface area contributed by atoms with Crippen molar-refractivity contribution in [3.8, 4) is 0 Å². The molecule has 0 aliphatic heterocycles. The van der Waals surface area contributed by atoms with Crippen molar-refractivity contribution in [2.24, 2.45) is 5.92 Å². The summed E-state index contributed by atoms with van der Waals surface area (Å²) in [5.74, 6) is 0.767. The van der Waals surface area contributed by atoms with Gasteiger partial charge < -0.3 is 5.32 Å². The predicted molar refractivity (Wildman–Crippen MR) is 94.9 cm³/mol. The molecule has 0 aliphatic carbocycles. The monoisotopic (exact) mass is 281 g/mol. The Balaban J connectivity index is 1.84. The van der Waals surface area contributed by atoms with Crippen LogP contribution in [0.2, 0.25) is 0 Å². The number of hydrogen-bond donors (Lipinski definition) is 1. The van der Waals surface area contributed by atoms with Crippen LogP contribution < -0.4 is 5.32 Å². The summed E-state index contributed by atoms with van der Waals surface area (Å²) in [6.45, 7) is 7.74. The fourth-order valence-electron chi connectivity index (χ4n) is 2.63. The quantitative estimate of drug-likeness (QED) is 0.611. The molecule has 0 fully saturated rings. The summed E-state index contributed by atoms with van der Waals surface area (Å²) in [7, 11) is 0. The van der Waals surface area contributed by atoms with Crippen molar-refractivity contribution in [2.45, 2.75) is 40.0 Å². The molecule has 1 atom stereocenters. The summed E-state index contributed by atoms with van der Waals surface area (Å²) in [5.41, 5.74) is 2.68. The third-order valence-corrected chi connectivity index (χ3v) is 3.95. The van der Waals surface area contributed by atoms with Gasteiger partial charge in [0, 0.05) is 17.6 Å². The van der Waals surface area contributed by atoms with Crippen LogP contribution in [0, 0.1) is 5.92 Å². The molecule has 0 bridgehead atoms. The van der Waals surface area contributed by atoms with Gasteiger partial charge in [0.25, 0.3) is 0 Å². The van der Waals surface area contributed by atoms with E-state index in [0.29, 0.717) is 0 Å². The Morgan fingerprint density at radius 1 is 1.05 bits per heavy atom. The first-order chi connectivity index (χ1) is 10.2. The van der Waals surface area contributed by atoms with Crippen molar-refractivity contribution < 1.29 is 0 Å². The summed E-state index contributed by atoms with van der Waals surface area (Å²) < 4.78 is 0. The number of allylic oxidation sites excluding steroid dienone is 2. The molecule has 0 saturated heterocycles. The highest BCUT2D eigenvalue weighted by Gasteiger charge is 2.03. The summed E-state index contributed by atoms with van der Waals surface area (Å²) in [4.78, 5) is 0. The maximum Gasteiger partial charge on any atom is 0.0419 e. The van der Waals surface area contributed by atoms with Crippen LogP contribution in [0.3, 0.4) is 0 Å². The molecule has 0 radical (unpaired) electrons. The summed E-state index contributed by atoms with van der Waals surface area (Å²) in [6.07, 6.45) is 6.05. The average molecular weight is 281 g/mol. The summed E-state index contributed by atoms with van der Waals surface area (Å²) in [5, 5.41) is 6.22.